The maximum atomic E-state index is 12.7. The van der Waals surface area contributed by atoms with Gasteiger partial charge in [0.25, 0.3) is 5.91 Å². The molecule has 2 aromatic carbocycles. The van der Waals surface area contributed by atoms with Crippen LogP contribution < -0.4 is 4.74 Å². The van der Waals surface area contributed by atoms with Crippen LogP contribution in [0, 0.1) is 6.92 Å². The van der Waals surface area contributed by atoms with Crippen LogP contribution in [0.15, 0.2) is 54.7 Å². The van der Waals surface area contributed by atoms with Crippen molar-refractivity contribution in [3.05, 3.63) is 77.1 Å². The molecule has 3 aromatic rings. The molecule has 0 spiro atoms. The minimum Gasteiger partial charge on any atom is -0.496 e. The zero-order valence-corrected chi connectivity index (χ0v) is 15.2. The highest BCUT2D eigenvalue weighted by molar-refractivity contribution is 5.91. The van der Waals surface area contributed by atoms with Crippen molar-refractivity contribution in [2.24, 2.45) is 0 Å². The van der Waals surface area contributed by atoms with Crippen LogP contribution >= 0.6 is 0 Å². The van der Waals surface area contributed by atoms with Crippen molar-refractivity contribution in [1.29, 1.82) is 0 Å². The summed E-state index contributed by atoms with van der Waals surface area (Å²) >= 11 is 0. The summed E-state index contributed by atoms with van der Waals surface area (Å²) in [4.78, 5) is 14.3. The third-order valence-corrected chi connectivity index (χ3v) is 4.14. The van der Waals surface area contributed by atoms with Gasteiger partial charge < -0.3 is 9.64 Å². The van der Waals surface area contributed by atoms with Crippen molar-refractivity contribution in [2.45, 2.75) is 20.0 Å². The first kappa shape index (κ1) is 17.7. The average molecular weight is 350 g/mol. The van der Waals surface area contributed by atoms with Gasteiger partial charge in [-0.25, -0.2) is 4.68 Å². The number of hydrogen-bond donors (Lipinski definition) is 0. The second-order valence-corrected chi connectivity index (χ2v) is 6.26. The first-order chi connectivity index (χ1) is 12.6. The molecule has 6 nitrogen and oxygen atoms in total. The van der Waals surface area contributed by atoms with Gasteiger partial charge in [-0.05, 0) is 18.6 Å². The fourth-order valence-electron chi connectivity index (χ4n) is 2.80. The first-order valence-electron chi connectivity index (χ1n) is 8.40. The number of ether oxygens (including phenoxy) is 1. The summed E-state index contributed by atoms with van der Waals surface area (Å²) in [6, 6.07) is 15.9. The van der Waals surface area contributed by atoms with Crippen molar-refractivity contribution >= 4 is 5.91 Å². The van der Waals surface area contributed by atoms with Gasteiger partial charge in [0.2, 0.25) is 0 Å². The van der Waals surface area contributed by atoms with Crippen LogP contribution in [0.2, 0.25) is 0 Å². The number of aromatic nitrogens is 3. The summed E-state index contributed by atoms with van der Waals surface area (Å²) in [7, 11) is 3.38. The van der Waals surface area contributed by atoms with Gasteiger partial charge in [-0.3, -0.25) is 4.79 Å². The lowest BCUT2D eigenvalue weighted by Gasteiger charge is -2.18. The average Bonchev–Trinajstić information content (AvgIpc) is 3.10. The summed E-state index contributed by atoms with van der Waals surface area (Å²) in [6.45, 7) is 3.03. The molecule has 0 N–H and O–H groups in total. The Morgan fingerprint density at radius 2 is 1.96 bits per heavy atom. The predicted octanol–water partition coefficient (Wildman–Crippen LogP) is 2.92. The Balaban J connectivity index is 1.70. The van der Waals surface area contributed by atoms with E-state index in [9.17, 15) is 4.79 Å². The standard InChI is InChI=1S/C20H22N4O2/c1-15-9-10-19(26-3)17(11-15)13-23(2)20(25)18-14-24(22-21-18)12-16-7-5-4-6-8-16/h4-11,14H,12-13H2,1-3H3. The third kappa shape index (κ3) is 4.08. The van der Waals surface area contributed by atoms with Crippen molar-refractivity contribution in [1.82, 2.24) is 19.9 Å². The van der Waals surface area contributed by atoms with Crippen LogP contribution in [-0.4, -0.2) is 40.0 Å². The van der Waals surface area contributed by atoms with Gasteiger partial charge in [0.05, 0.1) is 19.9 Å². The van der Waals surface area contributed by atoms with Gasteiger partial charge >= 0.3 is 0 Å². The highest BCUT2D eigenvalue weighted by Crippen LogP contribution is 2.21. The summed E-state index contributed by atoms with van der Waals surface area (Å²) in [5, 5.41) is 8.09. The van der Waals surface area contributed by atoms with Crippen LogP contribution in [0.3, 0.4) is 0 Å². The molecule has 26 heavy (non-hydrogen) atoms. The molecule has 0 fully saturated rings. The van der Waals surface area contributed by atoms with E-state index < -0.39 is 0 Å². The number of benzene rings is 2. The van der Waals surface area contributed by atoms with E-state index >= 15 is 0 Å². The first-order valence-corrected chi connectivity index (χ1v) is 8.40. The van der Waals surface area contributed by atoms with Gasteiger partial charge in [-0.15, -0.1) is 5.10 Å². The number of rotatable bonds is 6. The van der Waals surface area contributed by atoms with Gasteiger partial charge in [0.15, 0.2) is 5.69 Å². The zero-order valence-electron chi connectivity index (χ0n) is 15.2. The van der Waals surface area contributed by atoms with Gasteiger partial charge in [0, 0.05) is 19.2 Å². The topological polar surface area (TPSA) is 60.2 Å². The molecule has 6 heteroatoms. The van der Waals surface area contributed by atoms with E-state index in [2.05, 4.69) is 10.3 Å². The van der Waals surface area contributed by atoms with Crippen LogP contribution in [0.1, 0.15) is 27.2 Å². The lowest BCUT2D eigenvalue weighted by atomic mass is 10.1. The second kappa shape index (κ2) is 7.82. The van der Waals surface area contributed by atoms with E-state index in [1.54, 1.807) is 29.9 Å². The van der Waals surface area contributed by atoms with Crippen LogP contribution in [0.4, 0.5) is 0 Å². The largest absolute Gasteiger partial charge is 0.496 e. The monoisotopic (exact) mass is 350 g/mol. The molecule has 1 heterocycles. The van der Waals surface area contributed by atoms with E-state index in [0.717, 1.165) is 22.4 Å². The number of amides is 1. The number of carbonyl (C=O) groups is 1. The lowest BCUT2D eigenvalue weighted by molar-refractivity contribution is 0.0778. The number of nitrogens with zero attached hydrogens (tertiary/aromatic N) is 4. The summed E-state index contributed by atoms with van der Waals surface area (Å²) < 4.78 is 7.06. The maximum absolute atomic E-state index is 12.7. The number of aryl methyl sites for hydroxylation is 1. The SMILES string of the molecule is COc1ccc(C)cc1CN(C)C(=O)c1cn(Cc2ccccc2)nn1. The molecule has 1 amide bonds. The zero-order chi connectivity index (χ0) is 18.5. The van der Waals surface area contributed by atoms with Crippen LogP contribution in [-0.2, 0) is 13.1 Å². The smallest absolute Gasteiger partial charge is 0.276 e. The maximum Gasteiger partial charge on any atom is 0.276 e. The van der Waals surface area contributed by atoms with Crippen molar-refractivity contribution in [3.63, 3.8) is 0 Å². The summed E-state index contributed by atoms with van der Waals surface area (Å²) in [5.74, 6) is 0.593. The Bertz CT molecular complexity index is 890. The fourth-order valence-corrected chi connectivity index (χ4v) is 2.80. The highest BCUT2D eigenvalue weighted by Gasteiger charge is 2.17. The minimum absolute atomic E-state index is 0.173. The molecule has 0 unspecified atom stereocenters. The van der Waals surface area contributed by atoms with E-state index in [-0.39, 0.29) is 5.91 Å². The molecule has 0 aliphatic rings. The third-order valence-electron chi connectivity index (χ3n) is 4.14. The molecule has 0 aliphatic heterocycles. The quantitative estimate of drug-likeness (QED) is 0.686. The Morgan fingerprint density at radius 3 is 2.69 bits per heavy atom. The number of hydrogen-bond acceptors (Lipinski definition) is 4. The van der Waals surface area contributed by atoms with Crippen molar-refractivity contribution < 1.29 is 9.53 Å². The second-order valence-electron chi connectivity index (χ2n) is 6.26. The van der Waals surface area contributed by atoms with E-state index in [0.29, 0.717) is 18.8 Å². The molecule has 0 radical (unpaired) electrons. The number of methoxy groups -OCH3 is 1. The Hall–Kier alpha value is -3.15. The molecule has 0 aliphatic carbocycles. The van der Waals surface area contributed by atoms with Crippen molar-refractivity contribution in [2.75, 3.05) is 14.2 Å². The molecule has 0 saturated heterocycles. The summed E-state index contributed by atoms with van der Waals surface area (Å²) in [5.41, 5.74) is 3.51. The van der Waals surface area contributed by atoms with E-state index in [4.69, 9.17) is 4.74 Å². The molecule has 0 atom stereocenters. The minimum atomic E-state index is -0.173. The van der Waals surface area contributed by atoms with E-state index in [1.165, 1.54) is 0 Å². The van der Waals surface area contributed by atoms with Crippen LogP contribution in [0.25, 0.3) is 0 Å². The van der Waals surface area contributed by atoms with Crippen molar-refractivity contribution in [3.8, 4) is 5.75 Å². The van der Waals surface area contributed by atoms with Gasteiger partial charge in [-0.1, -0.05) is 53.2 Å². The van der Waals surface area contributed by atoms with E-state index in [1.807, 2.05) is 55.5 Å². The highest BCUT2D eigenvalue weighted by atomic mass is 16.5. The Labute approximate surface area is 153 Å². The Kier molecular flexibility index (Phi) is 5.31. The normalized spacial score (nSPS) is 10.6. The Morgan fingerprint density at radius 1 is 1.19 bits per heavy atom. The molecule has 0 saturated carbocycles. The molecular weight excluding hydrogens is 328 g/mol. The summed E-state index contributed by atoms with van der Waals surface area (Å²) in [6.07, 6.45) is 1.68. The molecule has 3 rings (SSSR count). The molecule has 1 aromatic heterocycles. The lowest BCUT2D eigenvalue weighted by Crippen LogP contribution is -2.26. The van der Waals surface area contributed by atoms with Gasteiger partial charge in [0.1, 0.15) is 5.75 Å². The fraction of sp³-hybridized carbons (Fsp3) is 0.250. The number of carbonyl (C=O) groups excluding carboxylic acids is 1. The molecule has 134 valence electrons. The van der Waals surface area contributed by atoms with Gasteiger partial charge in [-0.2, -0.15) is 0 Å². The predicted molar refractivity (Wildman–Crippen MR) is 99.1 cm³/mol. The molecule has 0 bridgehead atoms. The van der Waals surface area contributed by atoms with Crippen LogP contribution in [0.5, 0.6) is 5.75 Å². The molecular formula is C20H22N4O2.